The molecule has 0 amide bonds. The Kier molecular flexibility index (Phi) is 3.33. The predicted molar refractivity (Wildman–Crippen MR) is 51.0 cm³/mol. The van der Waals surface area contributed by atoms with E-state index in [1.807, 2.05) is 4.98 Å². The highest BCUT2D eigenvalue weighted by Gasteiger charge is 2.14. The van der Waals surface area contributed by atoms with Crippen molar-refractivity contribution in [1.29, 1.82) is 0 Å². The molecule has 1 aromatic rings. The first kappa shape index (κ1) is 11.3. The summed E-state index contributed by atoms with van der Waals surface area (Å²) in [5.41, 5.74) is -1.19. The van der Waals surface area contributed by atoms with E-state index in [2.05, 4.69) is 4.98 Å². The zero-order chi connectivity index (χ0) is 10.8. The van der Waals surface area contributed by atoms with Crippen LogP contribution >= 0.6 is 18.2 Å². The van der Waals surface area contributed by atoms with Gasteiger partial charge in [-0.25, -0.2) is 9.36 Å². The Morgan fingerprint density at radius 1 is 1.43 bits per heavy atom. The first-order chi connectivity index (χ1) is 6.38. The minimum absolute atomic E-state index is 0.109. The summed E-state index contributed by atoms with van der Waals surface area (Å²) in [5.74, 6) is -0.156. The third-order valence-corrected chi connectivity index (χ3v) is 3.46. The van der Waals surface area contributed by atoms with Crippen molar-refractivity contribution < 1.29 is 14.4 Å². The molecule has 0 saturated carbocycles. The summed E-state index contributed by atoms with van der Waals surface area (Å²) < 4.78 is 10.5. The van der Waals surface area contributed by atoms with Gasteiger partial charge >= 0.3 is 12.5 Å². The topological polar surface area (TPSA) is 123 Å². The third-order valence-electron chi connectivity index (χ3n) is 1.28. The minimum Gasteiger partial charge on any atom is -0.317 e. The van der Waals surface area contributed by atoms with Crippen molar-refractivity contribution in [3.05, 3.63) is 32.6 Å². The van der Waals surface area contributed by atoms with Gasteiger partial charge in [-0.05, 0) is 11.4 Å². The van der Waals surface area contributed by atoms with E-state index in [1.54, 1.807) is 0 Å². The summed E-state index contributed by atoms with van der Waals surface area (Å²) in [6.07, 6.45) is 1.13. The molecule has 7 nitrogen and oxygen atoms in total. The molecule has 0 saturated heterocycles. The van der Waals surface area contributed by atoms with Gasteiger partial charge < -0.3 is 14.8 Å². The fraction of sp³-hybridized carbons (Fsp3) is 0.200. The highest BCUT2D eigenvalue weighted by molar-refractivity contribution is 8.54. The Balaban J connectivity index is 2.84. The van der Waals surface area contributed by atoms with E-state index >= 15 is 0 Å². The van der Waals surface area contributed by atoms with Crippen molar-refractivity contribution in [3.63, 3.8) is 0 Å². The third kappa shape index (κ3) is 3.51. The molecule has 1 rings (SSSR count). The molecule has 78 valence electrons. The van der Waals surface area contributed by atoms with Gasteiger partial charge in [0, 0.05) is 17.5 Å². The van der Waals surface area contributed by atoms with Crippen LogP contribution in [0, 0.1) is 0 Å². The van der Waals surface area contributed by atoms with Gasteiger partial charge in [-0.15, -0.1) is 0 Å². The first-order valence-electron chi connectivity index (χ1n) is 3.39. The van der Waals surface area contributed by atoms with Crippen LogP contribution in [0.1, 0.15) is 5.56 Å². The van der Waals surface area contributed by atoms with E-state index in [0.717, 1.165) is 6.20 Å². The second kappa shape index (κ2) is 4.14. The number of H-pyrrole nitrogens is 2. The Labute approximate surface area is 81.5 Å². The van der Waals surface area contributed by atoms with Crippen LogP contribution in [0.3, 0.4) is 0 Å². The fourth-order valence-electron chi connectivity index (χ4n) is 0.699. The Morgan fingerprint density at radius 2 is 2.07 bits per heavy atom. The van der Waals surface area contributed by atoms with Crippen molar-refractivity contribution in [2.45, 2.75) is 5.75 Å². The molecule has 0 unspecified atom stereocenters. The minimum atomic E-state index is -4.19. The van der Waals surface area contributed by atoms with Gasteiger partial charge in [-0.2, -0.15) is 0 Å². The summed E-state index contributed by atoms with van der Waals surface area (Å²) in [6, 6.07) is 0. The van der Waals surface area contributed by atoms with Crippen LogP contribution in [0.5, 0.6) is 0 Å². The van der Waals surface area contributed by atoms with E-state index in [9.17, 15) is 14.2 Å². The Morgan fingerprint density at radius 3 is 2.57 bits per heavy atom. The summed E-state index contributed by atoms with van der Waals surface area (Å²) in [5, 5.41) is 0. The quantitative estimate of drug-likeness (QED) is 0.521. The van der Waals surface area contributed by atoms with Gasteiger partial charge in [0.2, 0.25) is 0 Å². The molecule has 0 aromatic carbocycles. The Hall–Kier alpha value is -0.820. The Bertz CT molecular complexity index is 474. The van der Waals surface area contributed by atoms with Crippen molar-refractivity contribution in [2.75, 3.05) is 0 Å². The normalized spacial score (nSPS) is 11.6. The van der Waals surface area contributed by atoms with Gasteiger partial charge in [-0.1, -0.05) is 0 Å². The molecule has 0 fully saturated rings. The molecule has 9 heteroatoms. The molecule has 14 heavy (non-hydrogen) atoms. The molecule has 1 aromatic heterocycles. The average molecular weight is 238 g/mol. The zero-order valence-corrected chi connectivity index (χ0v) is 8.47. The number of rotatable bonds is 3. The summed E-state index contributed by atoms with van der Waals surface area (Å²) in [6.45, 7) is -4.19. The van der Waals surface area contributed by atoms with Crippen molar-refractivity contribution in [2.24, 2.45) is 0 Å². The molecule has 0 aliphatic heterocycles. The number of hydrogen-bond donors (Lipinski definition) is 4. The van der Waals surface area contributed by atoms with E-state index in [-0.39, 0.29) is 11.3 Å². The standard InChI is InChI=1S/C5H7N2O5PS/c8-4-3(1-6-5(9)7-4)2-14-13(10,11)12/h1H,2H2,(H2,10,11,12)(H2,6,7,8,9). The largest absolute Gasteiger partial charge is 0.384 e. The SMILES string of the molecule is O=c1[nH]cc(CSP(=O)(O)O)c(=O)[nH]1. The molecule has 4 N–H and O–H groups in total. The maximum absolute atomic E-state index is 11.0. The van der Waals surface area contributed by atoms with Crippen molar-refractivity contribution >= 4 is 18.2 Å². The van der Waals surface area contributed by atoms with Gasteiger partial charge in [0.1, 0.15) is 0 Å². The molecule has 0 aliphatic carbocycles. The molecule has 0 aliphatic rings. The molecular weight excluding hydrogens is 231 g/mol. The van der Waals surface area contributed by atoms with E-state index in [1.165, 1.54) is 0 Å². The number of nitrogens with one attached hydrogen (secondary N) is 2. The molecule has 0 radical (unpaired) electrons. The van der Waals surface area contributed by atoms with Gasteiger partial charge in [0.25, 0.3) is 5.56 Å². The summed E-state index contributed by atoms with van der Waals surface area (Å²) in [4.78, 5) is 42.8. The van der Waals surface area contributed by atoms with Gasteiger partial charge in [-0.3, -0.25) is 9.78 Å². The highest BCUT2D eigenvalue weighted by atomic mass is 32.7. The van der Waals surface area contributed by atoms with Crippen LogP contribution in [-0.2, 0) is 10.3 Å². The summed E-state index contributed by atoms with van der Waals surface area (Å²) in [7, 11) is 0. The fourth-order valence-corrected chi connectivity index (χ4v) is 2.14. The van der Waals surface area contributed by atoms with Gasteiger partial charge in [0.05, 0.1) is 0 Å². The lowest BCUT2D eigenvalue weighted by atomic mass is 10.4. The molecule has 0 spiro atoms. The maximum Gasteiger partial charge on any atom is 0.384 e. The predicted octanol–water partition coefficient (Wildman–Crippen LogP) is -0.611. The first-order valence-corrected chi connectivity index (χ1v) is 6.60. The second-order valence-electron chi connectivity index (χ2n) is 2.36. The van der Waals surface area contributed by atoms with Crippen LogP contribution < -0.4 is 11.2 Å². The molecule has 1 heterocycles. The van der Waals surface area contributed by atoms with Crippen LogP contribution in [-0.4, -0.2) is 19.8 Å². The second-order valence-corrected chi connectivity index (χ2v) is 6.09. The van der Waals surface area contributed by atoms with Crippen molar-refractivity contribution in [1.82, 2.24) is 9.97 Å². The van der Waals surface area contributed by atoms with Crippen LogP contribution in [0.15, 0.2) is 15.8 Å². The van der Waals surface area contributed by atoms with Crippen LogP contribution in [0.4, 0.5) is 0 Å². The maximum atomic E-state index is 11.0. The summed E-state index contributed by atoms with van der Waals surface area (Å²) >= 11 is 0.331. The highest BCUT2D eigenvalue weighted by Crippen LogP contribution is 2.51. The number of aromatic nitrogens is 2. The smallest absolute Gasteiger partial charge is 0.317 e. The zero-order valence-electron chi connectivity index (χ0n) is 6.76. The van der Waals surface area contributed by atoms with Crippen LogP contribution in [0.2, 0.25) is 0 Å². The number of aromatic amines is 2. The molecular formula is C5H7N2O5PS. The lowest BCUT2D eigenvalue weighted by molar-refractivity contribution is 0.397. The lowest BCUT2D eigenvalue weighted by Crippen LogP contribution is -2.24. The van der Waals surface area contributed by atoms with E-state index < -0.39 is 18.0 Å². The van der Waals surface area contributed by atoms with Crippen LogP contribution in [0.25, 0.3) is 0 Å². The average Bonchev–Trinajstić information content (AvgIpc) is 2.00. The number of hydrogen-bond acceptors (Lipinski definition) is 4. The van der Waals surface area contributed by atoms with Crippen molar-refractivity contribution in [3.8, 4) is 0 Å². The molecule has 0 atom stereocenters. The van der Waals surface area contributed by atoms with E-state index in [0.29, 0.717) is 11.4 Å². The van der Waals surface area contributed by atoms with E-state index in [4.69, 9.17) is 9.79 Å². The monoisotopic (exact) mass is 238 g/mol. The molecule has 0 bridgehead atoms. The lowest BCUT2D eigenvalue weighted by Gasteiger charge is -2.01. The van der Waals surface area contributed by atoms with Gasteiger partial charge in [0.15, 0.2) is 0 Å².